The summed E-state index contributed by atoms with van der Waals surface area (Å²) in [7, 11) is 0. The third-order valence-corrected chi connectivity index (χ3v) is 4.21. The molecule has 0 saturated carbocycles. The third-order valence-electron chi connectivity index (χ3n) is 3.23. The van der Waals surface area contributed by atoms with E-state index in [4.69, 9.17) is 0 Å². The molecule has 0 aliphatic carbocycles. The van der Waals surface area contributed by atoms with Crippen molar-refractivity contribution < 1.29 is 0 Å². The fourth-order valence-corrected chi connectivity index (χ4v) is 3.47. The van der Waals surface area contributed by atoms with Gasteiger partial charge in [-0.05, 0) is 43.5 Å². The van der Waals surface area contributed by atoms with Crippen LogP contribution in [0.1, 0.15) is 26.9 Å². The van der Waals surface area contributed by atoms with Gasteiger partial charge in [0.25, 0.3) is 0 Å². The first kappa shape index (κ1) is 9.91. The van der Waals surface area contributed by atoms with Gasteiger partial charge in [-0.15, -0.1) is 11.3 Å². The summed E-state index contributed by atoms with van der Waals surface area (Å²) in [6.07, 6.45) is 1.12. The van der Waals surface area contributed by atoms with Gasteiger partial charge >= 0.3 is 0 Å². The first-order valence-corrected chi connectivity index (χ1v) is 6.47. The molecule has 1 atom stereocenters. The second-order valence-electron chi connectivity index (χ2n) is 4.43. The van der Waals surface area contributed by atoms with E-state index in [9.17, 15) is 0 Å². The van der Waals surface area contributed by atoms with E-state index in [1.807, 2.05) is 11.3 Å². The molecule has 0 saturated heterocycles. The largest absolute Gasteiger partial charge is 0.378 e. The molecule has 1 unspecified atom stereocenters. The molecular weight excluding hydrogens is 214 g/mol. The summed E-state index contributed by atoms with van der Waals surface area (Å²) < 4.78 is 0. The molecule has 0 radical (unpaired) electrons. The van der Waals surface area contributed by atoms with Crippen LogP contribution in [0, 0.1) is 13.8 Å². The Hall–Kier alpha value is -1.28. The second kappa shape index (κ2) is 3.63. The van der Waals surface area contributed by atoms with Gasteiger partial charge in [0.15, 0.2) is 0 Å². The molecule has 1 nitrogen and oxygen atoms in total. The van der Waals surface area contributed by atoms with Crippen LogP contribution in [0.5, 0.6) is 0 Å². The Morgan fingerprint density at radius 2 is 2.06 bits per heavy atom. The summed E-state index contributed by atoms with van der Waals surface area (Å²) in [5.74, 6) is 0. The standard InChI is InChI=1S/C14H15NS/c1-9-7-12(10(2)16-9)14-8-11-5-3-4-6-13(11)15-14/h3-7,14-15H,8H2,1-2H3. The van der Waals surface area contributed by atoms with E-state index in [1.165, 1.54) is 26.6 Å². The Morgan fingerprint density at radius 3 is 2.75 bits per heavy atom. The number of fused-ring (bicyclic) bond motifs is 1. The number of hydrogen-bond donors (Lipinski definition) is 1. The van der Waals surface area contributed by atoms with Crippen LogP contribution in [0.4, 0.5) is 5.69 Å². The summed E-state index contributed by atoms with van der Waals surface area (Å²) in [4.78, 5) is 2.85. The van der Waals surface area contributed by atoms with Gasteiger partial charge < -0.3 is 5.32 Å². The van der Waals surface area contributed by atoms with Crippen molar-refractivity contribution in [3.63, 3.8) is 0 Å². The van der Waals surface area contributed by atoms with Gasteiger partial charge in [-0.2, -0.15) is 0 Å². The van der Waals surface area contributed by atoms with Gasteiger partial charge in [0, 0.05) is 15.4 Å². The van der Waals surface area contributed by atoms with Gasteiger partial charge in [-0.1, -0.05) is 18.2 Å². The van der Waals surface area contributed by atoms with E-state index >= 15 is 0 Å². The van der Waals surface area contributed by atoms with Crippen LogP contribution >= 0.6 is 11.3 Å². The number of hydrogen-bond acceptors (Lipinski definition) is 2. The maximum Gasteiger partial charge on any atom is 0.0565 e. The summed E-state index contributed by atoms with van der Waals surface area (Å²) in [6, 6.07) is 11.4. The lowest BCUT2D eigenvalue weighted by molar-refractivity contribution is 0.822. The van der Waals surface area contributed by atoms with Gasteiger partial charge in [-0.25, -0.2) is 0 Å². The average molecular weight is 229 g/mol. The van der Waals surface area contributed by atoms with Crippen molar-refractivity contribution in [2.75, 3.05) is 5.32 Å². The Labute approximate surface area is 100 Å². The van der Waals surface area contributed by atoms with Crippen LogP contribution < -0.4 is 5.32 Å². The van der Waals surface area contributed by atoms with Gasteiger partial charge in [0.1, 0.15) is 0 Å². The molecular formula is C14H15NS. The molecule has 2 heterocycles. The van der Waals surface area contributed by atoms with Crippen LogP contribution in [0.3, 0.4) is 0 Å². The van der Waals surface area contributed by atoms with Crippen molar-refractivity contribution in [3.05, 3.63) is 51.2 Å². The van der Waals surface area contributed by atoms with E-state index in [-0.39, 0.29) is 0 Å². The number of aryl methyl sites for hydroxylation is 2. The minimum absolute atomic E-state index is 0.474. The maximum atomic E-state index is 3.61. The summed E-state index contributed by atoms with van der Waals surface area (Å²) in [5.41, 5.74) is 4.21. The first-order chi connectivity index (χ1) is 7.74. The van der Waals surface area contributed by atoms with Crippen molar-refractivity contribution in [3.8, 4) is 0 Å². The van der Waals surface area contributed by atoms with Gasteiger partial charge in [0.2, 0.25) is 0 Å². The number of rotatable bonds is 1. The number of thiophene rings is 1. The fourth-order valence-electron chi connectivity index (χ4n) is 2.48. The van der Waals surface area contributed by atoms with E-state index in [0.29, 0.717) is 6.04 Å². The zero-order valence-electron chi connectivity index (χ0n) is 9.58. The Morgan fingerprint density at radius 1 is 1.25 bits per heavy atom. The molecule has 0 fully saturated rings. The zero-order chi connectivity index (χ0) is 11.1. The number of para-hydroxylation sites is 1. The summed E-state index contributed by atoms with van der Waals surface area (Å²) in [6.45, 7) is 4.40. The molecule has 1 aliphatic heterocycles. The minimum Gasteiger partial charge on any atom is -0.378 e. The third kappa shape index (κ3) is 1.54. The van der Waals surface area contributed by atoms with Crippen LogP contribution in [0.15, 0.2) is 30.3 Å². The molecule has 16 heavy (non-hydrogen) atoms. The average Bonchev–Trinajstić information content (AvgIpc) is 2.81. The lowest BCUT2D eigenvalue weighted by Gasteiger charge is -2.10. The van der Waals surface area contributed by atoms with Crippen molar-refractivity contribution >= 4 is 17.0 Å². The Bertz CT molecular complexity index is 502. The highest BCUT2D eigenvalue weighted by Gasteiger charge is 2.23. The molecule has 1 aromatic heterocycles. The number of anilines is 1. The maximum absolute atomic E-state index is 3.61. The normalized spacial score (nSPS) is 18.2. The molecule has 1 N–H and O–H groups in total. The highest BCUT2D eigenvalue weighted by Crippen LogP contribution is 2.37. The topological polar surface area (TPSA) is 12.0 Å². The monoisotopic (exact) mass is 229 g/mol. The molecule has 0 spiro atoms. The van der Waals surface area contributed by atoms with Crippen LogP contribution in [0.25, 0.3) is 0 Å². The van der Waals surface area contributed by atoms with E-state index in [2.05, 4.69) is 49.5 Å². The highest BCUT2D eigenvalue weighted by molar-refractivity contribution is 7.12. The van der Waals surface area contributed by atoms with Gasteiger partial charge in [0.05, 0.1) is 6.04 Å². The van der Waals surface area contributed by atoms with Gasteiger partial charge in [-0.3, -0.25) is 0 Å². The smallest absolute Gasteiger partial charge is 0.0565 e. The fraction of sp³-hybridized carbons (Fsp3) is 0.286. The molecule has 2 heteroatoms. The SMILES string of the molecule is Cc1cc(C2Cc3ccccc3N2)c(C)s1. The lowest BCUT2D eigenvalue weighted by Crippen LogP contribution is -2.05. The van der Waals surface area contributed by atoms with E-state index < -0.39 is 0 Å². The predicted octanol–water partition coefficient (Wildman–Crippen LogP) is 4.07. The molecule has 1 aromatic carbocycles. The van der Waals surface area contributed by atoms with Crippen molar-refractivity contribution in [2.45, 2.75) is 26.3 Å². The highest BCUT2D eigenvalue weighted by atomic mass is 32.1. The summed E-state index contributed by atoms with van der Waals surface area (Å²) in [5, 5.41) is 3.61. The van der Waals surface area contributed by atoms with Crippen LogP contribution in [0.2, 0.25) is 0 Å². The molecule has 2 aromatic rings. The van der Waals surface area contributed by atoms with E-state index in [1.54, 1.807) is 0 Å². The number of benzene rings is 1. The van der Waals surface area contributed by atoms with Crippen LogP contribution in [-0.4, -0.2) is 0 Å². The molecule has 0 amide bonds. The second-order valence-corrected chi connectivity index (χ2v) is 5.89. The molecule has 1 aliphatic rings. The molecule has 82 valence electrons. The van der Waals surface area contributed by atoms with Crippen molar-refractivity contribution in [1.29, 1.82) is 0 Å². The zero-order valence-corrected chi connectivity index (χ0v) is 10.4. The predicted molar refractivity (Wildman–Crippen MR) is 70.3 cm³/mol. The minimum atomic E-state index is 0.474. The van der Waals surface area contributed by atoms with Crippen molar-refractivity contribution in [1.82, 2.24) is 0 Å². The lowest BCUT2D eigenvalue weighted by atomic mass is 10.0. The Balaban J connectivity index is 1.94. The van der Waals surface area contributed by atoms with E-state index in [0.717, 1.165) is 6.42 Å². The summed E-state index contributed by atoms with van der Waals surface area (Å²) >= 11 is 1.89. The molecule has 0 bridgehead atoms. The molecule has 3 rings (SSSR count). The number of nitrogens with one attached hydrogen (secondary N) is 1. The first-order valence-electron chi connectivity index (χ1n) is 5.65. The quantitative estimate of drug-likeness (QED) is 0.777. The van der Waals surface area contributed by atoms with Crippen molar-refractivity contribution in [2.24, 2.45) is 0 Å². The Kier molecular flexibility index (Phi) is 2.25. The van der Waals surface area contributed by atoms with Crippen LogP contribution in [-0.2, 0) is 6.42 Å².